The van der Waals surface area contributed by atoms with Gasteiger partial charge in [0.2, 0.25) is 0 Å². The number of nitrogens with zero attached hydrogens (tertiary/aromatic N) is 1. The molecule has 1 N–H and O–H groups in total. The number of aliphatic carboxylic acids is 1. The number of carbonyl (C=O) groups is 2. The third-order valence-electron chi connectivity index (χ3n) is 5.18. The van der Waals surface area contributed by atoms with Gasteiger partial charge in [0.05, 0.1) is 7.11 Å². The monoisotopic (exact) mass is 393 g/mol. The lowest BCUT2D eigenvalue weighted by atomic mass is 9.91. The van der Waals surface area contributed by atoms with Crippen LogP contribution in [0.2, 0.25) is 0 Å². The van der Waals surface area contributed by atoms with E-state index in [1.165, 1.54) is 0 Å². The predicted molar refractivity (Wildman–Crippen MR) is 108 cm³/mol. The van der Waals surface area contributed by atoms with E-state index in [4.69, 9.17) is 15.9 Å². The minimum Gasteiger partial charge on any atom is -0.493 e. The number of carboxylic acids is 1. The van der Waals surface area contributed by atoms with E-state index < -0.39 is 12.0 Å². The summed E-state index contributed by atoms with van der Waals surface area (Å²) in [4.78, 5) is 24.9. The van der Waals surface area contributed by atoms with Gasteiger partial charge in [-0.3, -0.25) is 14.5 Å². The van der Waals surface area contributed by atoms with Crippen LogP contribution in [0.25, 0.3) is 0 Å². The molecule has 0 aliphatic carbocycles. The molecule has 1 aliphatic rings. The van der Waals surface area contributed by atoms with Crippen molar-refractivity contribution in [2.75, 3.05) is 20.3 Å². The van der Waals surface area contributed by atoms with Crippen molar-refractivity contribution in [2.45, 2.75) is 24.9 Å². The normalized spacial score (nSPS) is 18.8. The molecule has 150 valence electrons. The molecule has 6 nitrogen and oxygen atoms in total. The molecular weight excluding hydrogens is 370 g/mol. The summed E-state index contributed by atoms with van der Waals surface area (Å²) < 4.78 is 10.9. The number of aldehydes is 1. The van der Waals surface area contributed by atoms with Gasteiger partial charge in [-0.05, 0) is 29.7 Å². The van der Waals surface area contributed by atoms with Crippen molar-refractivity contribution in [3.8, 4) is 23.8 Å². The van der Waals surface area contributed by atoms with Crippen LogP contribution >= 0.6 is 0 Å². The molecule has 29 heavy (non-hydrogen) atoms. The number of likely N-dealkylation sites (tertiary alicyclic amines) is 1. The summed E-state index contributed by atoms with van der Waals surface area (Å²) in [5.74, 6) is 2.45. The average Bonchev–Trinajstić information content (AvgIpc) is 3.16. The van der Waals surface area contributed by atoms with Crippen LogP contribution in [0.5, 0.6) is 11.5 Å². The minimum atomic E-state index is -0.858. The lowest BCUT2D eigenvalue weighted by Crippen LogP contribution is -2.38. The molecule has 3 rings (SSSR count). The second-order valence-electron chi connectivity index (χ2n) is 6.91. The van der Waals surface area contributed by atoms with E-state index in [1.807, 2.05) is 29.2 Å². The quantitative estimate of drug-likeness (QED) is 0.549. The van der Waals surface area contributed by atoms with Gasteiger partial charge in [0.1, 0.15) is 18.9 Å². The fourth-order valence-corrected chi connectivity index (χ4v) is 3.80. The summed E-state index contributed by atoms with van der Waals surface area (Å²) in [5, 5.41) is 9.91. The number of methoxy groups -OCH3 is 1. The predicted octanol–water partition coefficient (Wildman–Crippen LogP) is 2.96. The van der Waals surface area contributed by atoms with Gasteiger partial charge in [-0.15, -0.1) is 6.42 Å². The van der Waals surface area contributed by atoms with Crippen LogP contribution in [0.3, 0.4) is 0 Å². The summed E-state index contributed by atoms with van der Waals surface area (Å²) in [7, 11) is 1.54. The standard InChI is InChI=1S/C23H23NO5/c1-3-12-29-20-9-8-18(13-21(20)28-2)19-10-11-24(22(19)23(26)27)14-16-4-6-17(15-25)7-5-16/h1,4-9,13,15,19,22H,10-12,14H2,2H3,(H,26,27)/t19?,22-/m0/s1. The fraction of sp³-hybridized carbons (Fsp3) is 0.304. The molecule has 1 heterocycles. The fourth-order valence-electron chi connectivity index (χ4n) is 3.80. The number of hydrogen-bond acceptors (Lipinski definition) is 5. The third-order valence-corrected chi connectivity index (χ3v) is 5.18. The Balaban J connectivity index is 1.81. The van der Waals surface area contributed by atoms with E-state index in [2.05, 4.69) is 5.92 Å². The molecule has 0 aromatic heterocycles. The zero-order valence-electron chi connectivity index (χ0n) is 16.2. The lowest BCUT2D eigenvalue weighted by Gasteiger charge is -2.25. The first-order valence-electron chi connectivity index (χ1n) is 9.32. The van der Waals surface area contributed by atoms with E-state index in [9.17, 15) is 14.7 Å². The van der Waals surface area contributed by atoms with Gasteiger partial charge >= 0.3 is 5.97 Å². The van der Waals surface area contributed by atoms with Crippen LogP contribution in [0.1, 0.15) is 33.8 Å². The van der Waals surface area contributed by atoms with Crippen molar-refractivity contribution in [3.05, 3.63) is 59.2 Å². The highest BCUT2D eigenvalue weighted by molar-refractivity contribution is 5.76. The highest BCUT2D eigenvalue weighted by Crippen LogP contribution is 2.38. The number of carboxylic acid groups (broad SMARTS) is 1. The van der Waals surface area contributed by atoms with Crippen LogP contribution < -0.4 is 9.47 Å². The number of terminal acetylenes is 1. The molecule has 2 atom stereocenters. The highest BCUT2D eigenvalue weighted by atomic mass is 16.5. The van der Waals surface area contributed by atoms with Crippen molar-refractivity contribution >= 4 is 12.3 Å². The topological polar surface area (TPSA) is 76.1 Å². The first-order valence-corrected chi connectivity index (χ1v) is 9.32. The molecule has 0 bridgehead atoms. The zero-order valence-corrected chi connectivity index (χ0v) is 16.2. The highest BCUT2D eigenvalue weighted by Gasteiger charge is 2.40. The van der Waals surface area contributed by atoms with Gasteiger partial charge in [0.25, 0.3) is 0 Å². The van der Waals surface area contributed by atoms with Crippen LogP contribution in [-0.4, -0.2) is 48.6 Å². The molecule has 1 saturated heterocycles. The van der Waals surface area contributed by atoms with E-state index in [1.54, 1.807) is 25.3 Å². The minimum absolute atomic E-state index is 0.132. The van der Waals surface area contributed by atoms with E-state index in [-0.39, 0.29) is 12.5 Å². The molecule has 0 amide bonds. The molecule has 2 aromatic carbocycles. The van der Waals surface area contributed by atoms with Gasteiger partial charge < -0.3 is 14.6 Å². The van der Waals surface area contributed by atoms with Crippen molar-refractivity contribution in [3.63, 3.8) is 0 Å². The summed E-state index contributed by atoms with van der Waals surface area (Å²) in [6, 6.07) is 12.0. The summed E-state index contributed by atoms with van der Waals surface area (Å²) in [6.07, 6.45) is 6.75. The lowest BCUT2D eigenvalue weighted by molar-refractivity contribution is -0.142. The Morgan fingerprint density at radius 2 is 2.03 bits per heavy atom. The number of carbonyl (C=O) groups excluding carboxylic acids is 1. The zero-order chi connectivity index (χ0) is 20.8. The van der Waals surface area contributed by atoms with E-state index >= 15 is 0 Å². The van der Waals surface area contributed by atoms with Gasteiger partial charge in [-0.1, -0.05) is 36.3 Å². The van der Waals surface area contributed by atoms with Crippen molar-refractivity contribution in [1.82, 2.24) is 4.90 Å². The Kier molecular flexibility index (Phi) is 6.53. The van der Waals surface area contributed by atoms with E-state index in [0.717, 1.165) is 23.8 Å². The van der Waals surface area contributed by atoms with Crippen LogP contribution in [0, 0.1) is 12.3 Å². The van der Waals surface area contributed by atoms with Crippen molar-refractivity contribution < 1.29 is 24.2 Å². The Bertz CT molecular complexity index is 916. The second kappa shape index (κ2) is 9.26. The van der Waals surface area contributed by atoms with Crippen LogP contribution in [0.4, 0.5) is 0 Å². The van der Waals surface area contributed by atoms with Crippen molar-refractivity contribution in [2.24, 2.45) is 0 Å². The summed E-state index contributed by atoms with van der Waals surface area (Å²) in [6.45, 7) is 1.30. The second-order valence-corrected chi connectivity index (χ2v) is 6.91. The maximum atomic E-state index is 12.1. The Morgan fingerprint density at radius 3 is 2.66 bits per heavy atom. The van der Waals surface area contributed by atoms with Crippen molar-refractivity contribution in [1.29, 1.82) is 0 Å². The molecule has 1 aliphatic heterocycles. The molecular formula is C23H23NO5. The number of benzene rings is 2. The Hall–Kier alpha value is -3.30. The Morgan fingerprint density at radius 1 is 1.28 bits per heavy atom. The maximum Gasteiger partial charge on any atom is 0.321 e. The molecule has 0 saturated carbocycles. The van der Waals surface area contributed by atoms with Gasteiger partial charge in [-0.25, -0.2) is 0 Å². The molecule has 1 fully saturated rings. The van der Waals surface area contributed by atoms with Gasteiger partial charge in [-0.2, -0.15) is 0 Å². The third kappa shape index (κ3) is 4.58. The average molecular weight is 393 g/mol. The smallest absolute Gasteiger partial charge is 0.321 e. The van der Waals surface area contributed by atoms with Gasteiger partial charge in [0.15, 0.2) is 11.5 Å². The molecule has 2 aromatic rings. The molecule has 1 unspecified atom stereocenters. The maximum absolute atomic E-state index is 12.1. The van der Waals surface area contributed by atoms with Crippen LogP contribution in [-0.2, 0) is 11.3 Å². The number of hydrogen-bond donors (Lipinski definition) is 1. The largest absolute Gasteiger partial charge is 0.493 e. The first-order chi connectivity index (χ1) is 14.1. The number of ether oxygens (including phenoxy) is 2. The summed E-state index contributed by atoms with van der Waals surface area (Å²) >= 11 is 0. The number of rotatable bonds is 8. The SMILES string of the molecule is C#CCOc1ccc(C2CCN(Cc3ccc(C=O)cc3)[C@@H]2C(=O)O)cc1OC. The van der Waals surface area contributed by atoms with E-state index in [0.29, 0.717) is 30.2 Å². The Labute approximate surface area is 170 Å². The first kappa shape index (κ1) is 20.4. The van der Waals surface area contributed by atoms with Crippen LogP contribution in [0.15, 0.2) is 42.5 Å². The molecule has 0 spiro atoms. The molecule has 6 heteroatoms. The molecule has 0 radical (unpaired) electrons. The summed E-state index contributed by atoms with van der Waals surface area (Å²) in [5.41, 5.74) is 2.46. The van der Waals surface area contributed by atoms with Gasteiger partial charge in [0, 0.05) is 24.6 Å².